The van der Waals surface area contributed by atoms with Crippen molar-refractivity contribution < 1.29 is 17.2 Å². The highest BCUT2D eigenvalue weighted by Gasteiger charge is 2.22. The van der Waals surface area contributed by atoms with Crippen LogP contribution in [0, 0.1) is 12.7 Å². The molecule has 25 heavy (non-hydrogen) atoms. The monoisotopic (exact) mass is 360 g/mol. The maximum Gasteiger partial charge on any atom is 0.243 e. The second kappa shape index (κ2) is 6.78. The molecule has 0 saturated carbocycles. The fraction of sp³-hybridized carbons (Fsp3) is 0.167. The minimum absolute atomic E-state index is 0.00257. The number of oxazole rings is 1. The Balaban J connectivity index is 1.78. The minimum atomic E-state index is -3.63. The first kappa shape index (κ1) is 17.3. The second-order valence-corrected chi connectivity index (χ2v) is 7.74. The predicted octanol–water partition coefficient (Wildman–Crippen LogP) is 3.61. The molecule has 0 fully saturated rings. The van der Waals surface area contributed by atoms with Crippen molar-refractivity contribution >= 4 is 10.0 Å². The van der Waals surface area contributed by atoms with Crippen LogP contribution in [0.4, 0.5) is 4.39 Å². The maximum absolute atomic E-state index is 13.0. The van der Waals surface area contributed by atoms with Crippen LogP contribution in [-0.2, 0) is 16.6 Å². The van der Waals surface area contributed by atoms with E-state index >= 15 is 0 Å². The van der Waals surface area contributed by atoms with Gasteiger partial charge in [0.15, 0.2) is 5.76 Å². The summed E-state index contributed by atoms with van der Waals surface area (Å²) in [7, 11) is -2.16. The van der Waals surface area contributed by atoms with Gasteiger partial charge in [-0.25, -0.2) is 17.8 Å². The fourth-order valence-electron chi connectivity index (χ4n) is 2.30. The molecule has 1 aromatic heterocycles. The average Bonchev–Trinajstić information content (AvgIpc) is 3.04. The molecule has 0 saturated heterocycles. The Kier molecular flexibility index (Phi) is 4.69. The van der Waals surface area contributed by atoms with Crippen molar-refractivity contribution in [1.29, 1.82) is 0 Å². The van der Waals surface area contributed by atoms with Gasteiger partial charge in [-0.2, -0.15) is 4.31 Å². The Bertz CT molecular complexity index is 964. The molecule has 0 aliphatic carbocycles. The van der Waals surface area contributed by atoms with Crippen LogP contribution in [0.15, 0.2) is 64.0 Å². The molecular formula is C18H17FN2O3S. The zero-order valence-corrected chi connectivity index (χ0v) is 14.6. The van der Waals surface area contributed by atoms with E-state index in [1.54, 1.807) is 36.4 Å². The van der Waals surface area contributed by atoms with Crippen molar-refractivity contribution in [2.75, 3.05) is 7.05 Å². The Morgan fingerprint density at radius 1 is 1.08 bits per heavy atom. The van der Waals surface area contributed by atoms with E-state index < -0.39 is 10.0 Å². The van der Waals surface area contributed by atoms with Crippen LogP contribution in [0.2, 0.25) is 0 Å². The number of hydrogen-bond donors (Lipinski definition) is 0. The molecule has 0 radical (unpaired) electrons. The summed E-state index contributed by atoms with van der Waals surface area (Å²) in [5.74, 6) is 0.376. The molecular weight excluding hydrogens is 343 g/mol. The standard InChI is InChI=1S/C18H17FN2O3S/c1-13-3-9-16(10-4-13)25(22,23)21(2)12-18-20-11-17(24-18)14-5-7-15(19)8-6-14/h3-11H,12H2,1-2H3. The molecule has 0 bridgehead atoms. The van der Waals surface area contributed by atoms with Gasteiger partial charge in [-0.15, -0.1) is 0 Å². The SMILES string of the molecule is Cc1ccc(S(=O)(=O)N(C)Cc2ncc(-c3ccc(F)cc3)o2)cc1. The van der Waals surface area contributed by atoms with Crippen LogP contribution in [0.5, 0.6) is 0 Å². The van der Waals surface area contributed by atoms with Gasteiger partial charge in [0, 0.05) is 12.6 Å². The van der Waals surface area contributed by atoms with E-state index in [-0.39, 0.29) is 23.1 Å². The zero-order chi connectivity index (χ0) is 18.0. The summed E-state index contributed by atoms with van der Waals surface area (Å²) in [6, 6.07) is 12.4. The van der Waals surface area contributed by atoms with E-state index in [0.717, 1.165) is 5.56 Å². The predicted molar refractivity (Wildman–Crippen MR) is 91.7 cm³/mol. The lowest BCUT2D eigenvalue weighted by atomic mass is 10.2. The van der Waals surface area contributed by atoms with Crippen molar-refractivity contribution in [3.05, 3.63) is 72.0 Å². The first-order valence-corrected chi connectivity index (χ1v) is 9.04. The van der Waals surface area contributed by atoms with E-state index in [9.17, 15) is 12.8 Å². The van der Waals surface area contributed by atoms with Gasteiger partial charge in [-0.1, -0.05) is 17.7 Å². The molecule has 3 rings (SSSR count). The van der Waals surface area contributed by atoms with Crippen LogP contribution in [-0.4, -0.2) is 24.8 Å². The molecule has 0 amide bonds. The van der Waals surface area contributed by atoms with Gasteiger partial charge in [0.25, 0.3) is 0 Å². The van der Waals surface area contributed by atoms with Crippen LogP contribution in [0.25, 0.3) is 11.3 Å². The summed E-state index contributed by atoms with van der Waals surface area (Å²) < 4.78 is 44.9. The summed E-state index contributed by atoms with van der Waals surface area (Å²) in [5, 5.41) is 0. The lowest BCUT2D eigenvalue weighted by molar-refractivity contribution is 0.400. The van der Waals surface area contributed by atoms with E-state index in [2.05, 4.69) is 4.98 Å². The lowest BCUT2D eigenvalue weighted by Crippen LogP contribution is -2.26. The Morgan fingerprint density at radius 2 is 1.72 bits per heavy atom. The number of aryl methyl sites for hydroxylation is 1. The van der Waals surface area contributed by atoms with E-state index in [1.807, 2.05) is 6.92 Å². The second-order valence-electron chi connectivity index (χ2n) is 5.70. The average molecular weight is 360 g/mol. The van der Waals surface area contributed by atoms with Gasteiger partial charge in [0.1, 0.15) is 5.82 Å². The summed E-state index contributed by atoms with van der Waals surface area (Å²) >= 11 is 0. The number of rotatable bonds is 5. The summed E-state index contributed by atoms with van der Waals surface area (Å²) in [6.07, 6.45) is 1.49. The molecule has 3 aromatic rings. The van der Waals surface area contributed by atoms with Crippen LogP contribution in [0.3, 0.4) is 0 Å². The number of halogens is 1. The van der Waals surface area contributed by atoms with Crippen LogP contribution >= 0.6 is 0 Å². The number of sulfonamides is 1. The molecule has 0 unspecified atom stereocenters. The largest absolute Gasteiger partial charge is 0.439 e. The number of benzene rings is 2. The fourth-order valence-corrected chi connectivity index (χ4v) is 3.42. The molecule has 7 heteroatoms. The van der Waals surface area contributed by atoms with Crippen molar-refractivity contribution in [2.24, 2.45) is 0 Å². The highest BCUT2D eigenvalue weighted by molar-refractivity contribution is 7.89. The highest BCUT2D eigenvalue weighted by Crippen LogP contribution is 2.22. The van der Waals surface area contributed by atoms with Crippen LogP contribution < -0.4 is 0 Å². The van der Waals surface area contributed by atoms with Crippen molar-refractivity contribution in [3.63, 3.8) is 0 Å². The molecule has 2 aromatic carbocycles. The Hall–Kier alpha value is -2.51. The van der Waals surface area contributed by atoms with E-state index in [1.165, 1.54) is 29.7 Å². The molecule has 0 aliphatic heterocycles. The molecule has 1 heterocycles. The lowest BCUT2D eigenvalue weighted by Gasteiger charge is -2.15. The van der Waals surface area contributed by atoms with Gasteiger partial charge in [0.2, 0.25) is 15.9 Å². The molecule has 130 valence electrons. The third kappa shape index (κ3) is 3.78. The summed E-state index contributed by atoms with van der Waals surface area (Å²) in [6.45, 7) is 1.89. The van der Waals surface area contributed by atoms with Gasteiger partial charge in [0.05, 0.1) is 17.6 Å². The third-order valence-electron chi connectivity index (χ3n) is 3.77. The summed E-state index contributed by atoms with van der Waals surface area (Å²) in [5.41, 5.74) is 1.66. The maximum atomic E-state index is 13.0. The molecule has 5 nitrogen and oxygen atoms in total. The first-order valence-electron chi connectivity index (χ1n) is 7.60. The number of hydrogen-bond acceptors (Lipinski definition) is 4. The van der Waals surface area contributed by atoms with Gasteiger partial charge < -0.3 is 4.42 Å². The van der Waals surface area contributed by atoms with E-state index in [0.29, 0.717) is 11.3 Å². The van der Waals surface area contributed by atoms with Gasteiger partial charge in [-0.3, -0.25) is 0 Å². The van der Waals surface area contributed by atoms with Crippen molar-refractivity contribution in [1.82, 2.24) is 9.29 Å². The van der Waals surface area contributed by atoms with Gasteiger partial charge in [-0.05, 0) is 43.3 Å². The van der Waals surface area contributed by atoms with Crippen LogP contribution in [0.1, 0.15) is 11.5 Å². The Labute approximate surface area is 145 Å². The smallest absolute Gasteiger partial charge is 0.243 e. The number of aromatic nitrogens is 1. The zero-order valence-electron chi connectivity index (χ0n) is 13.8. The molecule has 0 aliphatic rings. The van der Waals surface area contributed by atoms with E-state index in [4.69, 9.17) is 4.42 Å². The normalized spacial score (nSPS) is 11.8. The van der Waals surface area contributed by atoms with Crippen molar-refractivity contribution in [2.45, 2.75) is 18.4 Å². The first-order chi connectivity index (χ1) is 11.9. The molecule has 0 N–H and O–H groups in total. The topological polar surface area (TPSA) is 63.4 Å². The highest BCUT2D eigenvalue weighted by atomic mass is 32.2. The molecule has 0 spiro atoms. The Morgan fingerprint density at radius 3 is 2.36 bits per heavy atom. The summed E-state index contributed by atoms with van der Waals surface area (Å²) in [4.78, 5) is 4.32. The third-order valence-corrected chi connectivity index (χ3v) is 5.59. The van der Waals surface area contributed by atoms with Gasteiger partial charge >= 0.3 is 0 Å². The molecule has 0 atom stereocenters. The number of nitrogens with zero attached hydrogens (tertiary/aromatic N) is 2. The van der Waals surface area contributed by atoms with Crippen molar-refractivity contribution in [3.8, 4) is 11.3 Å². The quantitative estimate of drug-likeness (QED) is 0.697. The minimum Gasteiger partial charge on any atom is -0.439 e.